The van der Waals surface area contributed by atoms with Crippen LogP contribution in [-0.4, -0.2) is 20.9 Å². The zero-order valence-electron chi connectivity index (χ0n) is 10.0. The highest BCUT2D eigenvalue weighted by molar-refractivity contribution is 7.12. The largest absolute Gasteiger partial charge is 0.477 e. The van der Waals surface area contributed by atoms with Crippen LogP contribution >= 0.6 is 11.3 Å². The van der Waals surface area contributed by atoms with Gasteiger partial charge in [0, 0.05) is 11.1 Å². The molecule has 2 rings (SSSR count). The third kappa shape index (κ3) is 1.98. The first-order valence-electron chi connectivity index (χ1n) is 5.42. The number of thiophene rings is 1. The molecule has 5 heteroatoms. The quantitative estimate of drug-likeness (QED) is 0.911. The maximum atomic E-state index is 10.8. The lowest BCUT2D eigenvalue weighted by atomic mass is 10.1. The normalized spacial score (nSPS) is 10.8. The summed E-state index contributed by atoms with van der Waals surface area (Å²) in [5, 5.41) is 15.2. The Labute approximate surface area is 104 Å². The topological polar surface area (TPSA) is 55.1 Å². The summed E-state index contributed by atoms with van der Waals surface area (Å²) in [5.74, 6) is -0.890. The zero-order chi connectivity index (χ0) is 12.6. The second-order valence-corrected chi connectivity index (χ2v) is 4.80. The lowest BCUT2D eigenvalue weighted by Gasteiger charge is -2.01. The van der Waals surface area contributed by atoms with Crippen LogP contribution in [0.3, 0.4) is 0 Å². The second kappa shape index (κ2) is 4.33. The van der Waals surface area contributed by atoms with Crippen LogP contribution < -0.4 is 0 Å². The molecule has 0 aliphatic rings. The van der Waals surface area contributed by atoms with Gasteiger partial charge in [0.25, 0.3) is 0 Å². The fourth-order valence-corrected chi connectivity index (χ4v) is 2.69. The Morgan fingerprint density at radius 1 is 1.53 bits per heavy atom. The molecule has 0 saturated heterocycles. The molecular formula is C12H14N2O2S. The molecule has 17 heavy (non-hydrogen) atoms. The number of carbonyl (C=O) groups is 1. The second-order valence-electron chi connectivity index (χ2n) is 3.89. The Kier molecular flexibility index (Phi) is 3.02. The Morgan fingerprint density at radius 2 is 2.24 bits per heavy atom. The molecular weight excluding hydrogens is 236 g/mol. The maximum absolute atomic E-state index is 10.8. The molecule has 90 valence electrons. The number of hydrogen-bond acceptors (Lipinski definition) is 3. The third-order valence-corrected chi connectivity index (χ3v) is 3.74. The van der Waals surface area contributed by atoms with Crippen LogP contribution in [0.4, 0.5) is 0 Å². The number of aromatic carboxylic acids is 1. The Morgan fingerprint density at radius 3 is 2.71 bits per heavy atom. The first kappa shape index (κ1) is 11.9. The van der Waals surface area contributed by atoms with Crippen molar-refractivity contribution < 1.29 is 9.90 Å². The summed E-state index contributed by atoms with van der Waals surface area (Å²) in [6, 6.07) is 1.66. The number of carboxylic acids is 1. The lowest BCUT2D eigenvalue weighted by Crippen LogP contribution is -1.98. The predicted molar refractivity (Wildman–Crippen MR) is 67.3 cm³/mol. The molecule has 0 unspecified atom stereocenters. The van der Waals surface area contributed by atoms with Crippen molar-refractivity contribution in [1.82, 2.24) is 9.78 Å². The van der Waals surface area contributed by atoms with E-state index in [9.17, 15) is 4.79 Å². The highest BCUT2D eigenvalue weighted by Crippen LogP contribution is 2.22. The maximum Gasteiger partial charge on any atom is 0.345 e. The van der Waals surface area contributed by atoms with E-state index in [1.165, 1.54) is 16.9 Å². The average molecular weight is 250 g/mol. The van der Waals surface area contributed by atoms with Crippen LogP contribution in [-0.2, 0) is 6.42 Å². The van der Waals surface area contributed by atoms with Gasteiger partial charge in [0.05, 0.1) is 11.4 Å². The Hall–Kier alpha value is -1.62. The minimum Gasteiger partial charge on any atom is -0.477 e. The lowest BCUT2D eigenvalue weighted by molar-refractivity contribution is 0.0702. The van der Waals surface area contributed by atoms with Crippen molar-refractivity contribution in [3.63, 3.8) is 0 Å². The molecule has 4 nitrogen and oxygen atoms in total. The van der Waals surface area contributed by atoms with Crippen LogP contribution in [0.2, 0.25) is 0 Å². The third-order valence-electron chi connectivity index (χ3n) is 2.84. The van der Waals surface area contributed by atoms with Crippen LogP contribution in [0.5, 0.6) is 0 Å². The van der Waals surface area contributed by atoms with Gasteiger partial charge in [-0.05, 0) is 31.9 Å². The van der Waals surface area contributed by atoms with Crippen molar-refractivity contribution in [2.45, 2.75) is 27.2 Å². The fraction of sp³-hybridized carbons (Fsp3) is 0.333. The van der Waals surface area contributed by atoms with Crippen LogP contribution in [0, 0.1) is 13.8 Å². The summed E-state index contributed by atoms with van der Waals surface area (Å²) in [6.07, 6.45) is 0.938. The first-order chi connectivity index (χ1) is 8.04. The van der Waals surface area contributed by atoms with Gasteiger partial charge >= 0.3 is 5.97 Å². The standard InChI is InChI=1S/C12H14N2O2S/c1-4-10-7(2)13-14(8(10)3)9-5-11(12(15)16)17-6-9/h5-6H,4H2,1-3H3,(H,15,16). The minimum atomic E-state index is -0.890. The fourth-order valence-electron chi connectivity index (χ4n) is 1.99. The number of nitrogens with zero attached hydrogens (tertiary/aromatic N) is 2. The molecule has 0 atom stereocenters. The molecule has 0 saturated carbocycles. The summed E-state index contributed by atoms with van der Waals surface area (Å²) in [7, 11) is 0. The van der Waals surface area contributed by atoms with E-state index in [4.69, 9.17) is 5.11 Å². The van der Waals surface area contributed by atoms with Crippen molar-refractivity contribution in [2.24, 2.45) is 0 Å². The number of hydrogen-bond donors (Lipinski definition) is 1. The van der Waals surface area contributed by atoms with E-state index >= 15 is 0 Å². The van der Waals surface area contributed by atoms with Gasteiger partial charge in [0.1, 0.15) is 4.88 Å². The molecule has 0 radical (unpaired) electrons. The molecule has 0 aromatic carbocycles. The number of aryl methyl sites for hydroxylation is 1. The summed E-state index contributed by atoms with van der Waals surface area (Å²) in [4.78, 5) is 11.2. The average Bonchev–Trinajstić information content (AvgIpc) is 2.84. The molecule has 0 spiro atoms. The number of rotatable bonds is 3. The van der Waals surface area contributed by atoms with Gasteiger partial charge in [0.2, 0.25) is 0 Å². The monoisotopic (exact) mass is 250 g/mol. The highest BCUT2D eigenvalue weighted by Gasteiger charge is 2.14. The molecule has 0 amide bonds. The predicted octanol–water partition coefficient (Wildman–Crippen LogP) is 2.81. The van der Waals surface area contributed by atoms with Gasteiger partial charge in [0.15, 0.2) is 0 Å². The molecule has 0 bridgehead atoms. The highest BCUT2D eigenvalue weighted by atomic mass is 32.1. The summed E-state index contributed by atoms with van der Waals surface area (Å²) in [6.45, 7) is 6.08. The van der Waals surface area contributed by atoms with E-state index in [-0.39, 0.29) is 0 Å². The molecule has 0 fully saturated rings. The van der Waals surface area contributed by atoms with Crippen LogP contribution in [0.15, 0.2) is 11.4 Å². The van der Waals surface area contributed by atoms with Gasteiger partial charge < -0.3 is 5.11 Å². The number of carboxylic acid groups (broad SMARTS) is 1. The van der Waals surface area contributed by atoms with Crippen molar-refractivity contribution in [3.8, 4) is 5.69 Å². The van der Waals surface area contributed by atoms with Gasteiger partial charge in [-0.15, -0.1) is 11.3 Å². The molecule has 0 aliphatic heterocycles. The van der Waals surface area contributed by atoms with E-state index in [2.05, 4.69) is 12.0 Å². The summed E-state index contributed by atoms with van der Waals surface area (Å²) in [5.41, 5.74) is 4.15. The van der Waals surface area contributed by atoms with E-state index in [0.717, 1.165) is 23.5 Å². The summed E-state index contributed by atoms with van der Waals surface area (Å²) < 4.78 is 1.82. The molecule has 1 N–H and O–H groups in total. The van der Waals surface area contributed by atoms with Crippen molar-refractivity contribution >= 4 is 17.3 Å². The summed E-state index contributed by atoms with van der Waals surface area (Å²) >= 11 is 1.22. The van der Waals surface area contributed by atoms with Gasteiger partial charge in [-0.2, -0.15) is 5.10 Å². The molecule has 0 aliphatic carbocycles. The number of aromatic nitrogens is 2. The van der Waals surface area contributed by atoms with Crippen molar-refractivity contribution in [3.05, 3.63) is 33.3 Å². The SMILES string of the molecule is CCc1c(C)nn(-c2csc(C(=O)O)c2)c1C. The Bertz CT molecular complexity index is 569. The van der Waals surface area contributed by atoms with Gasteiger partial charge in [-0.1, -0.05) is 6.92 Å². The minimum absolute atomic E-state index is 0.339. The van der Waals surface area contributed by atoms with E-state index < -0.39 is 5.97 Å². The van der Waals surface area contributed by atoms with E-state index in [1.54, 1.807) is 6.07 Å². The van der Waals surface area contributed by atoms with E-state index in [0.29, 0.717) is 4.88 Å². The molecule has 2 heterocycles. The van der Waals surface area contributed by atoms with Gasteiger partial charge in [-0.3, -0.25) is 0 Å². The molecule has 2 aromatic heterocycles. The first-order valence-corrected chi connectivity index (χ1v) is 6.29. The van der Waals surface area contributed by atoms with Crippen molar-refractivity contribution in [2.75, 3.05) is 0 Å². The van der Waals surface area contributed by atoms with Crippen LogP contribution in [0.1, 0.15) is 33.5 Å². The zero-order valence-corrected chi connectivity index (χ0v) is 10.8. The van der Waals surface area contributed by atoms with E-state index in [1.807, 2.05) is 23.9 Å². The smallest absolute Gasteiger partial charge is 0.345 e. The van der Waals surface area contributed by atoms with Gasteiger partial charge in [-0.25, -0.2) is 9.48 Å². The molecule has 2 aromatic rings. The van der Waals surface area contributed by atoms with Crippen LogP contribution in [0.25, 0.3) is 5.69 Å². The Balaban J connectivity index is 2.49. The van der Waals surface area contributed by atoms with Crippen molar-refractivity contribution in [1.29, 1.82) is 0 Å².